The minimum Gasteiger partial charge on any atom is -0.508 e. The molecule has 8 heteroatoms. The zero-order chi connectivity index (χ0) is 21.6. The second-order valence-electron chi connectivity index (χ2n) is 7.76. The van der Waals surface area contributed by atoms with Crippen LogP contribution in [-0.2, 0) is 16.8 Å². The van der Waals surface area contributed by atoms with Gasteiger partial charge in [-0.1, -0.05) is 0 Å². The molecule has 0 fully saturated rings. The number of aromatic nitrogens is 1. The standard InChI is InChI=1S/C22H22N4O4/c1-12-15-10-14(27)4-5-17(15)30-20(12)16(28)8-13-6-7-24-18(9-13)22(2)11-19(29)26(3)21(23)25-22/h4-7,9-10,27H,8,11H2,1-3H3,(H2,23,25). The number of carbonyl (C=O) groups excluding carboxylic acids is 2. The number of aryl methyl sites for hydroxylation is 1. The summed E-state index contributed by atoms with van der Waals surface area (Å²) in [5.41, 5.74) is 7.53. The monoisotopic (exact) mass is 406 g/mol. The molecule has 0 spiro atoms. The molecule has 1 aliphatic heterocycles. The van der Waals surface area contributed by atoms with Gasteiger partial charge in [0.15, 0.2) is 11.7 Å². The predicted octanol–water partition coefficient (Wildman–Crippen LogP) is 2.66. The smallest absolute Gasteiger partial charge is 0.231 e. The van der Waals surface area contributed by atoms with Crippen LogP contribution in [0.25, 0.3) is 11.0 Å². The minimum atomic E-state index is -0.889. The molecule has 30 heavy (non-hydrogen) atoms. The van der Waals surface area contributed by atoms with E-state index in [1.54, 1.807) is 51.4 Å². The first-order valence-corrected chi connectivity index (χ1v) is 9.50. The van der Waals surface area contributed by atoms with E-state index in [4.69, 9.17) is 10.2 Å². The summed E-state index contributed by atoms with van der Waals surface area (Å²) in [6.45, 7) is 3.59. The van der Waals surface area contributed by atoms with Crippen molar-refractivity contribution in [3.63, 3.8) is 0 Å². The van der Waals surface area contributed by atoms with Gasteiger partial charge in [-0.05, 0) is 49.7 Å². The van der Waals surface area contributed by atoms with Crippen molar-refractivity contribution in [2.45, 2.75) is 32.2 Å². The van der Waals surface area contributed by atoms with Crippen molar-refractivity contribution in [3.8, 4) is 5.75 Å². The average molecular weight is 406 g/mol. The summed E-state index contributed by atoms with van der Waals surface area (Å²) < 4.78 is 5.73. The van der Waals surface area contributed by atoms with E-state index in [0.717, 1.165) is 5.56 Å². The number of pyridine rings is 1. The van der Waals surface area contributed by atoms with Crippen molar-refractivity contribution >= 4 is 28.6 Å². The van der Waals surface area contributed by atoms with E-state index in [-0.39, 0.29) is 42.0 Å². The maximum Gasteiger partial charge on any atom is 0.231 e. The highest BCUT2D eigenvalue weighted by Crippen LogP contribution is 2.33. The van der Waals surface area contributed by atoms with Crippen molar-refractivity contribution in [3.05, 3.63) is 59.1 Å². The first kappa shape index (κ1) is 19.6. The van der Waals surface area contributed by atoms with Gasteiger partial charge < -0.3 is 15.3 Å². The molecule has 2 aromatic heterocycles. The molecule has 0 saturated carbocycles. The summed E-state index contributed by atoms with van der Waals surface area (Å²) in [7, 11) is 1.58. The van der Waals surface area contributed by atoms with E-state index >= 15 is 0 Å². The number of carbonyl (C=O) groups is 2. The number of amides is 1. The van der Waals surface area contributed by atoms with Gasteiger partial charge in [-0.15, -0.1) is 0 Å². The van der Waals surface area contributed by atoms with Crippen molar-refractivity contribution in [2.75, 3.05) is 7.05 Å². The van der Waals surface area contributed by atoms with Gasteiger partial charge in [-0.2, -0.15) is 0 Å². The van der Waals surface area contributed by atoms with Crippen LogP contribution in [0.5, 0.6) is 5.75 Å². The van der Waals surface area contributed by atoms with Gasteiger partial charge in [0.05, 0.1) is 12.1 Å². The number of ketones is 1. The van der Waals surface area contributed by atoms with Crippen LogP contribution in [0.1, 0.15) is 40.7 Å². The molecule has 3 N–H and O–H groups in total. The van der Waals surface area contributed by atoms with Crippen LogP contribution in [-0.4, -0.2) is 39.7 Å². The largest absolute Gasteiger partial charge is 0.508 e. The lowest BCUT2D eigenvalue weighted by atomic mass is 9.90. The van der Waals surface area contributed by atoms with Gasteiger partial charge in [0.2, 0.25) is 11.7 Å². The number of fused-ring (bicyclic) bond motifs is 1. The summed E-state index contributed by atoms with van der Waals surface area (Å²) in [6.07, 6.45) is 1.84. The van der Waals surface area contributed by atoms with Crippen LogP contribution >= 0.6 is 0 Å². The molecule has 0 aliphatic carbocycles. The lowest BCUT2D eigenvalue weighted by Gasteiger charge is -2.32. The Balaban J connectivity index is 1.63. The van der Waals surface area contributed by atoms with Crippen LogP contribution < -0.4 is 5.73 Å². The van der Waals surface area contributed by atoms with Gasteiger partial charge in [-0.3, -0.25) is 19.5 Å². The highest BCUT2D eigenvalue weighted by atomic mass is 16.3. The number of phenols is 1. The van der Waals surface area contributed by atoms with E-state index in [0.29, 0.717) is 22.2 Å². The van der Waals surface area contributed by atoms with Gasteiger partial charge in [0, 0.05) is 30.6 Å². The Bertz CT molecular complexity index is 1210. The van der Waals surface area contributed by atoms with E-state index in [9.17, 15) is 14.7 Å². The number of nitrogens with two attached hydrogens (primary N) is 1. The highest BCUT2D eigenvalue weighted by molar-refractivity contribution is 6.01. The summed E-state index contributed by atoms with van der Waals surface area (Å²) >= 11 is 0. The Labute approximate surface area is 173 Å². The third-order valence-corrected chi connectivity index (χ3v) is 5.49. The second kappa shape index (κ2) is 6.98. The first-order valence-electron chi connectivity index (χ1n) is 9.50. The highest BCUT2D eigenvalue weighted by Gasteiger charge is 2.37. The second-order valence-corrected chi connectivity index (χ2v) is 7.76. The zero-order valence-electron chi connectivity index (χ0n) is 17.0. The number of hydrogen-bond acceptors (Lipinski definition) is 7. The third kappa shape index (κ3) is 3.30. The van der Waals surface area contributed by atoms with Crippen molar-refractivity contribution in [1.82, 2.24) is 9.88 Å². The van der Waals surface area contributed by atoms with Crippen molar-refractivity contribution < 1.29 is 19.1 Å². The normalized spacial score (nSPS) is 19.2. The van der Waals surface area contributed by atoms with Crippen LogP contribution in [0.3, 0.4) is 0 Å². The molecule has 1 aliphatic rings. The first-order chi connectivity index (χ1) is 14.2. The summed E-state index contributed by atoms with van der Waals surface area (Å²) in [5.74, 6) is 0.183. The van der Waals surface area contributed by atoms with Gasteiger partial charge in [0.25, 0.3) is 0 Å². The zero-order valence-corrected chi connectivity index (χ0v) is 17.0. The average Bonchev–Trinajstić information content (AvgIpc) is 3.02. The number of benzene rings is 1. The Morgan fingerprint density at radius 1 is 1.33 bits per heavy atom. The number of furan rings is 1. The Morgan fingerprint density at radius 3 is 2.83 bits per heavy atom. The molecule has 3 aromatic rings. The topological polar surface area (TPSA) is 122 Å². The van der Waals surface area contributed by atoms with Crippen LogP contribution in [0.4, 0.5) is 0 Å². The van der Waals surface area contributed by atoms with E-state index in [1.165, 1.54) is 11.0 Å². The molecule has 0 saturated heterocycles. The van der Waals surface area contributed by atoms with E-state index < -0.39 is 5.54 Å². The molecule has 3 heterocycles. The third-order valence-electron chi connectivity index (χ3n) is 5.49. The predicted molar refractivity (Wildman–Crippen MR) is 111 cm³/mol. The number of phenolic OH excluding ortho intramolecular Hbond substituents is 1. The molecule has 0 radical (unpaired) electrons. The minimum absolute atomic E-state index is 0.102. The Hall–Kier alpha value is -3.68. The van der Waals surface area contributed by atoms with Crippen LogP contribution in [0.15, 0.2) is 45.9 Å². The lowest BCUT2D eigenvalue weighted by Crippen LogP contribution is -2.47. The number of hydrogen-bond donors (Lipinski definition) is 2. The van der Waals surface area contributed by atoms with E-state index in [2.05, 4.69) is 9.98 Å². The van der Waals surface area contributed by atoms with Crippen LogP contribution in [0, 0.1) is 6.92 Å². The quantitative estimate of drug-likeness (QED) is 0.642. The lowest BCUT2D eigenvalue weighted by molar-refractivity contribution is -0.128. The number of aromatic hydroxyl groups is 1. The molecule has 1 unspecified atom stereocenters. The fourth-order valence-corrected chi connectivity index (χ4v) is 3.68. The molecule has 1 aromatic carbocycles. The Kier molecular flexibility index (Phi) is 4.57. The number of aliphatic imine (C=N–C) groups is 1. The molecule has 4 rings (SSSR count). The SMILES string of the molecule is Cc1c(C(=O)Cc2ccnc(C3(C)CC(=O)N(C)C(N)=N3)c2)oc2ccc(O)cc12. The van der Waals surface area contributed by atoms with Crippen molar-refractivity contribution in [2.24, 2.45) is 10.7 Å². The molecule has 1 atom stereocenters. The number of nitrogens with zero attached hydrogens (tertiary/aromatic N) is 3. The maximum absolute atomic E-state index is 12.9. The summed E-state index contributed by atoms with van der Waals surface area (Å²) in [5, 5.41) is 10.4. The van der Waals surface area contributed by atoms with Gasteiger partial charge in [-0.25, -0.2) is 4.99 Å². The molecule has 0 bridgehead atoms. The molecule has 154 valence electrons. The van der Waals surface area contributed by atoms with Crippen molar-refractivity contribution in [1.29, 1.82) is 0 Å². The molecule has 1 amide bonds. The molecular formula is C22H22N4O4. The fraction of sp³-hybridized carbons (Fsp3) is 0.273. The van der Waals surface area contributed by atoms with Gasteiger partial charge >= 0.3 is 0 Å². The summed E-state index contributed by atoms with van der Waals surface area (Å²) in [6, 6.07) is 8.26. The number of guanidine groups is 1. The molecular weight excluding hydrogens is 384 g/mol. The maximum atomic E-state index is 12.9. The Morgan fingerprint density at radius 2 is 2.10 bits per heavy atom. The van der Waals surface area contributed by atoms with Crippen LogP contribution in [0.2, 0.25) is 0 Å². The fourth-order valence-electron chi connectivity index (χ4n) is 3.68. The van der Waals surface area contributed by atoms with E-state index in [1.807, 2.05) is 0 Å². The van der Waals surface area contributed by atoms with Gasteiger partial charge in [0.1, 0.15) is 16.9 Å². The summed E-state index contributed by atoms with van der Waals surface area (Å²) in [4.78, 5) is 35.3. The number of Topliss-reactive ketones (excluding diaryl/α,β-unsaturated/α-hetero) is 1. The molecule has 8 nitrogen and oxygen atoms in total. The number of rotatable bonds is 4.